The summed E-state index contributed by atoms with van der Waals surface area (Å²) in [6.07, 6.45) is 5.24. The van der Waals surface area contributed by atoms with Crippen molar-refractivity contribution < 1.29 is 23.1 Å². The van der Waals surface area contributed by atoms with E-state index in [-0.39, 0.29) is 16.3 Å². The highest BCUT2D eigenvalue weighted by Gasteiger charge is 2.42. The van der Waals surface area contributed by atoms with Crippen LogP contribution in [-0.4, -0.2) is 30.1 Å². The third-order valence-electron chi connectivity index (χ3n) is 7.47. The number of pyridine rings is 1. The van der Waals surface area contributed by atoms with E-state index in [1.807, 2.05) is 51.1 Å². The van der Waals surface area contributed by atoms with Gasteiger partial charge >= 0.3 is 5.97 Å². The van der Waals surface area contributed by atoms with Crippen molar-refractivity contribution in [1.82, 2.24) is 4.98 Å². The molecule has 0 spiro atoms. The molecule has 0 unspecified atom stereocenters. The lowest BCUT2D eigenvalue weighted by atomic mass is 9.77. The number of nitrogens with one attached hydrogen (secondary N) is 1. The third kappa shape index (κ3) is 7.77. The molecule has 0 saturated heterocycles. The first-order valence-electron chi connectivity index (χ1n) is 14.1. The molecule has 0 saturated carbocycles. The van der Waals surface area contributed by atoms with Crippen LogP contribution in [0.25, 0.3) is 0 Å². The molecule has 8 nitrogen and oxygen atoms in total. The van der Waals surface area contributed by atoms with Crippen molar-refractivity contribution >= 4 is 21.7 Å². The Balaban J connectivity index is 1.45. The highest BCUT2D eigenvalue weighted by Crippen LogP contribution is 2.41. The number of benzene rings is 2. The van der Waals surface area contributed by atoms with Crippen LogP contribution in [0.2, 0.25) is 0 Å². The summed E-state index contributed by atoms with van der Waals surface area (Å²) >= 11 is 0. The molecule has 1 aliphatic rings. The molecule has 9 heteroatoms. The molecule has 2 N–H and O–H groups in total. The quantitative estimate of drug-likeness (QED) is 0.227. The van der Waals surface area contributed by atoms with E-state index in [1.54, 1.807) is 18.2 Å². The summed E-state index contributed by atoms with van der Waals surface area (Å²) in [5, 5.41) is 19.9. The lowest BCUT2D eigenvalue weighted by molar-refractivity contribution is -0.161. The summed E-state index contributed by atoms with van der Waals surface area (Å²) < 4.78 is 34.3. The smallest absolute Gasteiger partial charge is 0.337 e. The minimum Gasteiger partial charge on any atom is -0.512 e. The second kappa shape index (κ2) is 12.8. The SMILES string of the molecule is CCC[C@]1(CCc2ccccc2)CC(O)=C(CC(C)(C)Cc2cccc(NS(=O)(=O)c3ccc(C#N)cn3)c2)C(=O)O1. The van der Waals surface area contributed by atoms with Gasteiger partial charge in [-0.2, -0.15) is 13.7 Å². The van der Waals surface area contributed by atoms with Gasteiger partial charge in [0.25, 0.3) is 10.0 Å². The van der Waals surface area contributed by atoms with Gasteiger partial charge in [-0.25, -0.2) is 9.78 Å². The first-order valence-corrected chi connectivity index (χ1v) is 15.6. The van der Waals surface area contributed by atoms with E-state index in [0.29, 0.717) is 43.4 Å². The molecule has 0 bridgehead atoms. The highest BCUT2D eigenvalue weighted by atomic mass is 32.2. The van der Waals surface area contributed by atoms with Crippen LogP contribution in [0.5, 0.6) is 0 Å². The Morgan fingerprint density at radius 2 is 1.79 bits per heavy atom. The van der Waals surface area contributed by atoms with Crippen LogP contribution in [0.4, 0.5) is 5.69 Å². The number of nitrogens with zero attached hydrogens (tertiary/aromatic N) is 2. The highest BCUT2D eigenvalue weighted by molar-refractivity contribution is 7.92. The van der Waals surface area contributed by atoms with E-state index in [9.17, 15) is 18.3 Å². The first kappa shape index (κ1) is 30.8. The lowest BCUT2D eigenvalue weighted by Gasteiger charge is -2.38. The second-order valence-electron chi connectivity index (χ2n) is 11.7. The maximum absolute atomic E-state index is 13.3. The molecule has 220 valence electrons. The Morgan fingerprint density at radius 1 is 1.05 bits per heavy atom. The topological polar surface area (TPSA) is 129 Å². The molecular weight excluding hydrogens is 550 g/mol. The molecule has 3 aromatic rings. The monoisotopic (exact) mass is 587 g/mol. The van der Waals surface area contributed by atoms with Gasteiger partial charge in [-0.15, -0.1) is 0 Å². The van der Waals surface area contributed by atoms with Gasteiger partial charge in [0.15, 0.2) is 5.03 Å². The van der Waals surface area contributed by atoms with Crippen molar-refractivity contribution in [2.45, 2.75) is 76.3 Å². The van der Waals surface area contributed by atoms with E-state index in [4.69, 9.17) is 10.00 Å². The summed E-state index contributed by atoms with van der Waals surface area (Å²) in [5.41, 5.74) is 1.80. The zero-order valence-corrected chi connectivity index (χ0v) is 25.1. The molecule has 2 heterocycles. The van der Waals surface area contributed by atoms with Gasteiger partial charge in [-0.05, 0) is 72.9 Å². The van der Waals surface area contributed by atoms with Crippen molar-refractivity contribution in [3.05, 3.63) is 101 Å². The number of cyclic esters (lactones) is 1. The number of rotatable bonds is 12. The van der Waals surface area contributed by atoms with Crippen molar-refractivity contribution in [2.24, 2.45) is 5.41 Å². The fraction of sp³-hybridized carbons (Fsp3) is 0.364. The van der Waals surface area contributed by atoms with Crippen LogP contribution in [0.1, 0.15) is 69.6 Å². The number of esters is 1. The minimum absolute atomic E-state index is 0.0947. The zero-order chi connectivity index (χ0) is 30.4. The summed E-state index contributed by atoms with van der Waals surface area (Å²) in [6, 6.07) is 21.7. The van der Waals surface area contributed by atoms with Crippen molar-refractivity contribution in [3.63, 3.8) is 0 Å². The first-order chi connectivity index (χ1) is 19.9. The number of carbonyl (C=O) groups excluding carboxylic acids is 1. The predicted octanol–water partition coefficient (Wildman–Crippen LogP) is 6.64. The van der Waals surface area contributed by atoms with E-state index in [1.165, 1.54) is 18.3 Å². The number of aliphatic hydroxyl groups excluding tert-OH is 1. The Bertz CT molecular complexity index is 1590. The van der Waals surface area contributed by atoms with Crippen molar-refractivity contribution in [3.8, 4) is 6.07 Å². The molecule has 4 rings (SSSR count). The van der Waals surface area contributed by atoms with Gasteiger partial charge in [0.1, 0.15) is 17.4 Å². The van der Waals surface area contributed by atoms with Gasteiger partial charge in [0, 0.05) is 18.3 Å². The van der Waals surface area contributed by atoms with E-state index < -0.39 is 27.0 Å². The largest absolute Gasteiger partial charge is 0.512 e. The Hall–Kier alpha value is -4.16. The number of hydrogen-bond donors (Lipinski definition) is 2. The van der Waals surface area contributed by atoms with Crippen molar-refractivity contribution in [1.29, 1.82) is 5.26 Å². The maximum Gasteiger partial charge on any atom is 0.337 e. The number of sulfonamides is 1. The summed E-state index contributed by atoms with van der Waals surface area (Å²) in [7, 11) is -3.95. The van der Waals surface area contributed by atoms with Gasteiger partial charge in [-0.1, -0.05) is 69.7 Å². The molecule has 42 heavy (non-hydrogen) atoms. The van der Waals surface area contributed by atoms with Crippen molar-refractivity contribution in [2.75, 3.05) is 4.72 Å². The van der Waals surface area contributed by atoms with Crippen LogP contribution in [0.15, 0.2) is 89.3 Å². The summed E-state index contributed by atoms with van der Waals surface area (Å²) in [5.74, 6) is -0.373. The van der Waals surface area contributed by atoms with Gasteiger partial charge < -0.3 is 9.84 Å². The average molecular weight is 588 g/mol. The number of aryl methyl sites for hydroxylation is 1. The Labute approximate surface area is 248 Å². The number of aliphatic hydroxyl groups is 1. The number of carbonyl (C=O) groups is 1. The van der Waals surface area contributed by atoms with Crippen LogP contribution in [0, 0.1) is 16.7 Å². The molecule has 1 atom stereocenters. The summed E-state index contributed by atoms with van der Waals surface area (Å²) in [6.45, 7) is 6.05. The normalized spacial score (nSPS) is 17.4. The fourth-order valence-electron chi connectivity index (χ4n) is 5.53. The second-order valence-corrected chi connectivity index (χ2v) is 13.4. The molecule has 0 fully saturated rings. The van der Waals surface area contributed by atoms with Gasteiger partial charge in [0.05, 0.1) is 11.1 Å². The molecule has 0 radical (unpaired) electrons. The molecule has 1 aromatic heterocycles. The molecule has 1 aliphatic heterocycles. The lowest BCUT2D eigenvalue weighted by Crippen LogP contribution is -2.41. The predicted molar refractivity (Wildman–Crippen MR) is 161 cm³/mol. The number of ether oxygens (including phenoxy) is 1. The van der Waals surface area contributed by atoms with E-state index >= 15 is 0 Å². The number of aromatic nitrogens is 1. The van der Waals surface area contributed by atoms with E-state index in [0.717, 1.165) is 24.0 Å². The number of anilines is 1. The fourth-order valence-corrected chi connectivity index (χ4v) is 6.51. The standard InChI is InChI=1S/C33H37N3O5S/c1-4-16-33(17-15-24-9-6-5-7-10-24)21-29(37)28(31(38)41-33)20-32(2,3)19-25-11-8-12-27(18-25)36-42(39,40)30-14-13-26(22-34)23-35-30/h5-14,18,23,36-37H,4,15-17,19-21H2,1-3H3/t33-/m0/s1. The molecule has 2 aromatic carbocycles. The third-order valence-corrected chi connectivity index (χ3v) is 8.77. The zero-order valence-electron chi connectivity index (χ0n) is 24.3. The van der Waals surface area contributed by atoms with Crippen LogP contribution in [-0.2, 0) is 32.4 Å². The van der Waals surface area contributed by atoms with Gasteiger partial charge in [-0.3, -0.25) is 4.72 Å². The van der Waals surface area contributed by atoms with Crippen LogP contribution in [0.3, 0.4) is 0 Å². The summed E-state index contributed by atoms with van der Waals surface area (Å²) in [4.78, 5) is 17.2. The van der Waals surface area contributed by atoms with Crippen LogP contribution < -0.4 is 4.72 Å². The number of nitriles is 1. The molecule has 0 amide bonds. The maximum atomic E-state index is 13.3. The molecular formula is C33H37N3O5S. The Kier molecular flexibility index (Phi) is 9.37. The minimum atomic E-state index is -3.95. The van der Waals surface area contributed by atoms with E-state index in [2.05, 4.69) is 21.8 Å². The average Bonchev–Trinajstić information content (AvgIpc) is 2.94. The van der Waals surface area contributed by atoms with Gasteiger partial charge in [0.2, 0.25) is 0 Å². The Morgan fingerprint density at radius 3 is 2.43 bits per heavy atom. The molecule has 0 aliphatic carbocycles. The van der Waals surface area contributed by atoms with Crippen LogP contribution >= 0.6 is 0 Å². The number of hydrogen-bond acceptors (Lipinski definition) is 7.